The Balaban J connectivity index is 2.10. The largest absolute Gasteiger partial charge is 0.494 e. The van der Waals surface area contributed by atoms with E-state index in [9.17, 15) is 4.79 Å². The number of nitrogens with one attached hydrogen (secondary N) is 1. The summed E-state index contributed by atoms with van der Waals surface area (Å²) in [4.78, 5) is 11.5. The van der Waals surface area contributed by atoms with Crippen LogP contribution in [0.5, 0.6) is 5.75 Å². The van der Waals surface area contributed by atoms with Crippen molar-refractivity contribution in [2.75, 3.05) is 13.2 Å². The molecule has 0 aliphatic carbocycles. The van der Waals surface area contributed by atoms with E-state index in [0.717, 1.165) is 50.9 Å². The van der Waals surface area contributed by atoms with Gasteiger partial charge >= 0.3 is 6.09 Å². The van der Waals surface area contributed by atoms with E-state index in [1.54, 1.807) is 0 Å². The van der Waals surface area contributed by atoms with Crippen molar-refractivity contribution in [2.24, 2.45) is 0 Å². The Morgan fingerprint density at radius 3 is 2.32 bits per heavy atom. The number of hydrogen-bond acceptors (Lipinski definition) is 3. The van der Waals surface area contributed by atoms with E-state index in [0.29, 0.717) is 6.54 Å². The van der Waals surface area contributed by atoms with E-state index in [-0.39, 0.29) is 6.09 Å². The Labute approximate surface area is 153 Å². The second-order valence-corrected chi connectivity index (χ2v) is 7.33. The van der Waals surface area contributed by atoms with Crippen molar-refractivity contribution in [3.8, 4) is 5.75 Å². The predicted molar refractivity (Wildman–Crippen MR) is 103 cm³/mol. The highest BCUT2D eigenvalue weighted by atomic mass is 16.6. The third-order valence-electron chi connectivity index (χ3n) is 3.95. The lowest BCUT2D eigenvalue weighted by molar-refractivity contribution is 0.0527. The molecule has 0 saturated carbocycles. The first-order valence-electron chi connectivity index (χ1n) is 9.57. The van der Waals surface area contributed by atoms with Gasteiger partial charge in [0.1, 0.15) is 11.4 Å². The fourth-order valence-electron chi connectivity index (χ4n) is 2.64. The summed E-state index contributed by atoms with van der Waals surface area (Å²) < 4.78 is 11.1. The molecule has 0 radical (unpaired) electrons. The molecule has 1 amide bonds. The summed E-state index contributed by atoms with van der Waals surface area (Å²) in [5, 5.41) is 2.79. The van der Waals surface area contributed by atoms with E-state index < -0.39 is 5.60 Å². The molecule has 0 aliphatic rings. The molecule has 1 aromatic carbocycles. The minimum absolute atomic E-state index is 0.335. The van der Waals surface area contributed by atoms with Crippen molar-refractivity contribution < 1.29 is 14.3 Å². The maximum absolute atomic E-state index is 11.5. The van der Waals surface area contributed by atoms with Crippen molar-refractivity contribution in [3.63, 3.8) is 0 Å². The lowest BCUT2D eigenvalue weighted by atomic mass is 10.0. The van der Waals surface area contributed by atoms with Crippen LogP contribution in [0.15, 0.2) is 18.2 Å². The van der Waals surface area contributed by atoms with E-state index in [1.165, 1.54) is 11.1 Å². The first-order valence-corrected chi connectivity index (χ1v) is 9.57. The van der Waals surface area contributed by atoms with Crippen LogP contribution in [0.4, 0.5) is 4.79 Å². The number of alkyl carbamates (subject to hydrolysis) is 1. The molecule has 0 atom stereocenters. The summed E-state index contributed by atoms with van der Waals surface area (Å²) in [5.74, 6) is 0.973. The number of carbonyl (C=O) groups is 1. The Kier molecular flexibility index (Phi) is 9.40. The van der Waals surface area contributed by atoms with E-state index in [1.807, 2.05) is 20.8 Å². The van der Waals surface area contributed by atoms with Gasteiger partial charge < -0.3 is 14.8 Å². The van der Waals surface area contributed by atoms with Crippen molar-refractivity contribution in [1.82, 2.24) is 5.32 Å². The Hall–Kier alpha value is -1.71. The Morgan fingerprint density at radius 2 is 1.68 bits per heavy atom. The van der Waals surface area contributed by atoms with Crippen molar-refractivity contribution >= 4 is 6.09 Å². The van der Waals surface area contributed by atoms with Crippen LogP contribution in [-0.4, -0.2) is 24.8 Å². The van der Waals surface area contributed by atoms with Crippen molar-refractivity contribution in [2.45, 2.75) is 78.7 Å². The van der Waals surface area contributed by atoms with Gasteiger partial charge in [-0.15, -0.1) is 0 Å². The molecule has 4 heteroatoms. The number of carbonyl (C=O) groups excluding carboxylic acids is 1. The SMILES string of the molecule is CCc1ccc(OCCCCCCNC(=O)OC(C)(C)C)cc1CC. The zero-order valence-electron chi connectivity index (χ0n) is 16.6. The molecule has 0 aromatic heterocycles. The van der Waals surface area contributed by atoms with Gasteiger partial charge in [-0.1, -0.05) is 32.8 Å². The molecule has 4 nitrogen and oxygen atoms in total. The number of benzene rings is 1. The second-order valence-electron chi connectivity index (χ2n) is 7.33. The lowest BCUT2D eigenvalue weighted by Gasteiger charge is -2.19. The lowest BCUT2D eigenvalue weighted by Crippen LogP contribution is -2.32. The molecule has 0 saturated heterocycles. The van der Waals surface area contributed by atoms with Gasteiger partial charge in [-0.25, -0.2) is 4.79 Å². The smallest absolute Gasteiger partial charge is 0.407 e. The number of hydrogen-bond donors (Lipinski definition) is 1. The monoisotopic (exact) mass is 349 g/mol. The van der Waals surface area contributed by atoms with Gasteiger partial charge in [0, 0.05) is 6.54 Å². The number of amides is 1. The third kappa shape index (κ3) is 9.37. The zero-order chi connectivity index (χ0) is 18.7. The molecular weight excluding hydrogens is 314 g/mol. The minimum atomic E-state index is -0.436. The standard InChI is InChI=1S/C21H35NO3/c1-6-17-12-13-19(16-18(17)7-2)24-15-11-9-8-10-14-22-20(23)25-21(3,4)5/h12-13,16H,6-11,14-15H2,1-5H3,(H,22,23). The average molecular weight is 350 g/mol. The fraction of sp³-hybridized carbons (Fsp3) is 0.667. The van der Waals surface area contributed by atoms with Crippen LogP contribution < -0.4 is 10.1 Å². The molecule has 0 heterocycles. The average Bonchev–Trinajstić information content (AvgIpc) is 2.55. The number of ether oxygens (including phenoxy) is 2. The predicted octanol–water partition coefficient (Wildman–Crippen LogP) is 5.28. The molecule has 0 spiro atoms. The van der Waals surface area contributed by atoms with Crippen LogP contribution in [-0.2, 0) is 17.6 Å². The van der Waals surface area contributed by atoms with Gasteiger partial charge in [-0.2, -0.15) is 0 Å². The van der Waals surface area contributed by atoms with E-state index in [4.69, 9.17) is 9.47 Å². The maximum atomic E-state index is 11.5. The summed E-state index contributed by atoms with van der Waals surface area (Å²) >= 11 is 0. The molecule has 0 fully saturated rings. The Bertz CT molecular complexity index is 520. The normalized spacial score (nSPS) is 11.2. The second kappa shape index (κ2) is 11.0. The number of unbranched alkanes of at least 4 members (excludes halogenated alkanes) is 3. The van der Waals surface area contributed by atoms with Gasteiger partial charge in [-0.3, -0.25) is 0 Å². The van der Waals surface area contributed by atoms with Crippen molar-refractivity contribution in [1.29, 1.82) is 0 Å². The van der Waals surface area contributed by atoms with E-state index in [2.05, 4.69) is 37.4 Å². The first-order chi connectivity index (χ1) is 11.9. The number of aryl methyl sites for hydroxylation is 2. The molecule has 142 valence electrons. The highest BCUT2D eigenvalue weighted by molar-refractivity contribution is 5.67. The minimum Gasteiger partial charge on any atom is -0.494 e. The van der Waals surface area contributed by atoms with Gasteiger partial charge in [-0.05, 0) is 69.7 Å². The van der Waals surface area contributed by atoms with Gasteiger partial charge in [0.05, 0.1) is 6.61 Å². The summed E-state index contributed by atoms with van der Waals surface area (Å²) in [6.07, 6.45) is 5.95. The summed E-state index contributed by atoms with van der Waals surface area (Å²) in [5.41, 5.74) is 2.36. The molecular formula is C21H35NO3. The molecule has 1 N–H and O–H groups in total. The van der Waals surface area contributed by atoms with Crippen LogP contribution in [0.1, 0.15) is 71.4 Å². The summed E-state index contributed by atoms with van der Waals surface area (Å²) in [7, 11) is 0. The first kappa shape index (κ1) is 21.3. The Morgan fingerprint density at radius 1 is 1.00 bits per heavy atom. The highest BCUT2D eigenvalue weighted by Gasteiger charge is 2.15. The van der Waals surface area contributed by atoms with Crippen LogP contribution in [0, 0.1) is 0 Å². The van der Waals surface area contributed by atoms with Gasteiger partial charge in [0.15, 0.2) is 0 Å². The molecule has 25 heavy (non-hydrogen) atoms. The summed E-state index contributed by atoms with van der Waals surface area (Å²) in [6.45, 7) is 11.4. The van der Waals surface area contributed by atoms with Gasteiger partial charge in [0.25, 0.3) is 0 Å². The zero-order valence-corrected chi connectivity index (χ0v) is 16.6. The summed E-state index contributed by atoms with van der Waals surface area (Å²) in [6, 6.07) is 6.42. The molecule has 0 unspecified atom stereocenters. The quantitative estimate of drug-likeness (QED) is 0.585. The molecule has 1 rings (SSSR count). The topological polar surface area (TPSA) is 47.6 Å². The van der Waals surface area contributed by atoms with Crippen LogP contribution in [0.25, 0.3) is 0 Å². The highest BCUT2D eigenvalue weighted by Crippen LogP contribution is 2.19. The number of rotatable bonds is 10. The van der Waals surface area contributed by atoms with Crippen LogP contribution in [0.2, 0.25) is 0 Å². The molecule has 0 aliphatic heterocycles. The third-order valence-corrected chi connectivity index (χ3v) is 3.95. The van der Waals surface area contributed by atoms with Crippen molar-refractivity contribution in [3.05, 3.63) is 29.3 Å². The molecule has 1 aromatic rings. The van der Waals surface area contributed by atoms with Crippen LogP contribution >= 0.6 is 0 Å². The fourth-order valence-corrected chi connectivity index (χ4v) is 2.64. The maximum Gasteiger partial charge on any atom is 0.407 e. The van der Waals surface area contributed by atoms with E-state index >= 15 is 0 Å². The molecule has 0 bridgehead atoms. The van der Waals surface area contributed by atoms with Gasteiger partial charge in [0.2, 0.25) is 0 Å². The van der Waals surface area contributed by atoms with Crippen LogP contribution in [0.3, 0.4) is 0 Å².